The van der Waals surface area contributed by atoms with Crippen molar-refractivity contribution in [3.63, 3.8) is 0 Å². The molecule has 2 atom stereocenters. The Kier molecular flexibility index (Phi) is 3.75. The molecule has 114 valence electrons. The van der Waals surface area contributed by atoms with Gasteiger partial charge < -0.3 is 0 Å². The number of fused-ring (bicyclic) bond motifs is 3. The van der Waals surface area contributed by atoms with Crippen molar-refractivity contribution in [1.29, 1.82) is 0 Å². The first-order valence-corrected chi connectivity index (χ1v) is 8.69. The van der Waals surface area contributed by atoms with E-state index in [4.69, 9.17) is 0 Å². The number of benzene rings is 2. The Hall–Kier alpha value is -1.60. The molecule has 2 aromatic rings. The Labute approximate surface area is 134 Å². The highest BCUT2D eigenvalue weighted by molar-refractivity contribution is 5.40. The maximum absolute atomic E-state index is 2.74. The molecular formula is C21H25N. The van der Waals surface area contributed by atoms with E-state index in [0.29, 0.717) is 0 Å². The topological polar surface area (TPSA) is 3.24 Å². The van der Waals surface area contributed by atoms with E-state index in [-0.39, 0.29) is 0 Å². The molecule has 2 aromatic carbocycles. The van der Waals surface area contributed by atoms with Crippen molar-refractivity contribution in [3.05, 3.63) is 70.8 Å². The van der Waals surface area contributed by atoms with Gasteiger partial charge in [0.15, 0.2) is 0 Å². The summed E-state index contributed by atoms with van der Waals surface area (Å²) in [7, 11) is 0. The van der Waals surface area contributed by atoms with Crippen molar-refractivity contribution in [1.82, 2.24) is 4.90 Å². The van der Waals surface area contributed by atoms with Gasteiger partial charge >= 0.3 is 0 Å². The molecule has 1 heteroatoms. The monoisotopic (exact) mass is 291 g/mol. The largest absolute Gasteiger partial charge is 0.296 e. The van der Waals surface area contributed by atoms with Crippen LogP contribution in [0.15, 0.2) is 48.5 Å². The average molecular weight is 291 g/mol. The molecule has 2 aliphatic rings. The van der Waals surface area contributed by atoms with Crippen LogP contribution in [0.4, 0.5) is 0 Å². The van der Waals surface area contributed by atoms with Gasteiger partial charge in [-0.1, -0.05) is 48.5 Å². The summed E-state index contributed by atoms with van der Waals surface area (Å²) in [5.41, 5.74) is 6.24. The molecule has 1 nitrogen and oxygen atoms in total. The fraction of sp³-hybridized carbons (Fsp3) is 0.429. The quantitative estimate of drug-likeness (QED) is 0.776. The lowest BCUT2D eigenvalue weighted by Gasteiger charge is -2.45. The Morgan fingerprint density at radius 2 is 1.86 bits per heavy atom. The van der Waals surface area contributed by atoms with E-state index in [1.165, 1.54) is 43.4 Å². The minimum atomic E-state index is 0.739. The molecule has 0 saturated carbocycles. The smallest absolute Gasteiger partial charge is 0.0236 e. The number of hydrogen-bond acceptors (Lipinski definition) is 1. The number of piperidine rings is 1. The predicted molar refractivity (Wildman–Crippen MR) is 92.1 cm³/mol. The molecule has 0 spiro atoms. The van der Waals surface area contributed by atoms with E-state index in [0.717, 1.165) is 18.5 Å². The Balaban J connectivity index is 1.61. The summed E-state index contributed by atoms with van der Waals surface area (Å²) >= 11 is 0. The van der Waals surface area contributed by atoms with E-state index in [9.17, 15) is 0 Å². The molecule has 0 radical (unpaired) electrons. The first-order chi connectivity index (χ1) is 10.8. The van der Waals surface area contributed by atoms with Gasteiger partial charge in [-0.25, -0.2) is 0 Å². The van der Waals surface area contributed by atoms with Gasteiger partial charge in [-0.15, -0.1) is 0 Å². The maximum atomic E-state index is 2.74. The summed E-state index contributed by atoms with van der Waals surface area (Å²) in [6.45, 7) is 4.66. The minimum absolute atomic E-state index is 0.739. The van der Waals surface area contributed by atoms with Gasteiger partial charge in [-0.3, -0.25) is 4.90 Å². The van der Waals surface area contributed by atoms with E-state index >= 15 is 0 Å². The summed E-state index contributed by atoms with van der Waals surface area (Å²) < 4.78 is 0. The zero-order chi connectivity index (χ0) is 14.9. The van der Waals surface area contributed by atoms with Crippen molar-refractivity contribution in [3.8, 4) is 0 Å². The molecule has 4 rings (SSSR count). The zero-order valence-electron chi connectivity index (χ0n) is 13.5. The third-order valence-electron chi connectivity index (χ3n) is 5.66. The molecule has 1 aliphatic carbocycles. The summed E-state index contributed by atoms with van der Waals surface area (Å²) in [5, 5.41) is 0. The van der Waals surface area contributed by atoms with Crippen molar-refractivity contribution in [2.45, 2.75) is 51.1 Å². The molecule has 22 heavy (non-hydrogen) atoms. The highest BCUT2D eigenvalue weighted by atomic mass is 15.2. The Morgan fingerprint density at radius 3 is 2.73 bits per heavy atom. The van der Waals surface area contributed by atoms with Crippen LogP contribution in [0.2, 0.25) is 0 Å². The molecule has 0 amide bonds. The standard InChI is InChI=1S/C21H25N/c1-16-7-5-10-19-18(16)12-13-21-20(19)11-6-14-22(21)15-17-8-3-2-4-9-17/h2-5,7-10,20-21H,6,11-15H2,1H3/t20-,21-/m0/s1. The summed E-state index contributed by atoms with van der Waals surface area (Å²) in [6.07, 6.45) is 5.29. The summed E-state index contributed by atoms with van der Waals surface area (Å²) in [6, 6.07) is 18.6. The van der Waals surface area contributed by atoms with Crippen LogP contribution in [0.5, 0.6) is 0 Å². The SMILES string of the molecule is Cc1cccc2c1CC[C@H]1[C@H]2CCCN1Cc1ccccc1. The first-order valence-electron chi connectivity index (χ1n) is 8.69. The first kappa shape index (κ1) is 14.0. The average Bonchev–Trinajstić information content (AvgIpc) is 2.56. The minimum Gasteiger partial charge on any atom is -0.296 e. The lowest BCUT2D eigenvalue weighted by Crippen LogP contribution is -2.45. The maximum Gasteiger partial charge on any atom is 0.0236 e. The second-order valence-electron chi connectivity index (χ2n) is 6.95. The van der Waals surface area contributed by atoms with Crippen molar-refractivity contribution < 1.29 is 0 Å². The number of aryl methyl sites for hydroxylation is 1. The van der Waals surface area contributed by atoms with E-state index in [2.05, 4.69) is 60.4 Å². The van der Waals surface area contributed by atoms with Crippen molar-refractivity contribution in [2.24, 2.45) is 0 Å². The van der Waals surface area contributed by atoms with Gasteiger partial charge in [0.1, 0.15) is 0 Å². The van der Waals surface area contributed by atoms with Crippen LogP contribution in [-0.4, -0.2) is 17.5 Å². The number of nitrogens with zero attached hydrogens (tertiary/aromatic N) is 1. The lowest BCUT2D eigenvalue weighted by atomic mass is 9.73. The third kappa shape index (κ3) is 2.48. The van der Waals surface area contributed by atoms with Gasteiger partial charge in [0.2, 0.25) is 0 Å². The molecule has 1 saturated heterocycles. The van der Waals surface area contributed by atoms with Crippen LogP contribution in [0.1, 0.15) is 47.4 Å². The fourth-order valence-corrected chi connectivity index (χ4v) is 4.59. The zero-order valence-corrected chi connectivity index (χ0v) is 13.5. The Bertz CT molecular complexity index is 646. The second kappa shape index (κ2) is 5.89. The van der Waals surface area contributed by atoms with Gasteiger partial charge in [-0.2, -0.15) is 0 Å². The normalized spacial score (nSPS) is 24.6. The van der Waals surface area contributed by atoms with Crippen LogP contribution >= 0.6 is 0 Å². The van der Waals surface area contributed by atoms with Gasteiger partial charge in [0.05, 0.1) is 0 Å². The van der Waals surface area contributed by atoms with Crippen LogP contribution in [0.25, 0.3) is 0 Å². The predicted octanol–water partition coefficient (Wildman–Crippen LogP) is 4.69. The third-order valence-corrected chi connectivity index (χ3v) is 5.66. The fourth-order valence-electron chi connectivity index (χ4n) is 4.59. The molecule has 1 heterocycles. The summed E-state index contributed by atoms with van der Waals surface area (Å²) in [4.78, 5) is 2.74. The lowest BCUT2D eigenvalue weighted by molar-refractivity contribution is 0.105. The highest BCUT2D eigenvalue weighted by Crippen LogP contribution is 2.41. The van der Waals surface area contributed by atoms with Gasteiger partial charge in [-0.05, 0) is 67.3 Å². The van der Waals surface area contributed by atoms with Crippen LogP contribution < -0.4 is 0 Å². The van der Waals surface area contributed by atoms with Crippen molar-refractivity contribution >= 4 is 0 Å². The molecule has 0 aromatic heterocycles. The van der Waals surface area contributed by atoms with Crippen LogP contribution in [0.3, 0.4) is 0 Å². The van der Waals surface area contributed by atoms with Crippen molar-refractivity contribution in [2.75, 3.05) is 6.54 Å². The van der Waals surface area contributed by atoms with Crippen LogP contribution in [-0.2, 0) is 13.0 Å². The van der Waals surface area contributed by atoms with E-state index in [1.807, 2.05) is 0 Å². The molecule has 1 aliphatic heterocycles. The highest BCUT2D eigenvalue weighted by Gasteiger charge is 2.36. The van der Waals surface area contributed by atoms with Gasteiger partial charge in [0, 0.05) is 12.6 Å². The molecule has 1 fully saturated rings. The Morgan fingerprint density at radius 1 is 1.00 bits per heavy atom. The van der Waals surface area contributed by atoms with Crippen LogP contribution in [0, 0.1) is 6.92 Å². The molecule has 0 unspecified atom stereocenters. The molecule has 0 N–H and O–H groups in total. The molecule has 0 bridgehead atoms. The van der Waals surface area contributed by atoms with Gasteiger partial charge in [0.25, 0.3) is 0 Å². The molecular weight excluding hydrogens is 266 g/mol. The summed E-state index contributed by atoms with van der Waals surface area (Å²) in [5.74, 6) is 0.751. The van der Waals surface area contributed by atoms with E-state index < -0.39 is 0 Å². The number of hydrogen-bond donors (Lipinski definition) is 0. The number of likely N-dealkylation sites (tertiary alicyclic amines) is 1. The second-order valence-corrected chi connectivity index (χ2v) is 6.95. The number of rotatable bonds is 2. The van der Waals surface area contributed by atoms with E-state index in [1.54, 1.807) is 11.1 Å².